The first-order valence-electron chi connectivity index (χ1n) is 9.67. The van der Waals surface area contributed by atoms with Gasteiger partial charge in [0.1, 0.15) is 11.5 Å². The number of rotatable bonds is 6. The Bertz CT molecular complexity index is 1190. The van der Waals surface area contributed by atoms with E-state index in [0.29, 0.717) is 27.8 Å². The monoisotopic (exact) mass is 424 g/mol. The molecule has 1 heterocycles. The van der Waals surface area contributed by atoms with Crippen molar-refractivity contribution in [3.63, 3.8) is 0 Å². The van der Waals surface area contributed by atoms with Gasteiger partial charge in [-0.1, -0.05) is 24.3 Å². The predicted molar refractivity (Wildman–Crippen MR) is 115 cm³/mol. The first-order valence-corrected chi connectivity index (χ1v) is 9.67. The van der Waals surface area contributed by atoms with Gasteiger partial charge < -0.3 is 9.47 Å². The molecule has 9 heteroatoms. The summed E-state index contributed by atoms with van der Waals surface area (Å²) >= 11 is 0. The normalized spacial score (nSPS) is 10.7. The lowest BCUT2D eigenvalue weighted by molar-refractivity contribution is -0.121. The summed E-state index contributed by atoms with van der Waals surface area (Å²) in [5.74, 6) is 0.0315. The Balaban J connectivity index is 1.78. The molecule has 2 aromatic carbocycles. The predicted octanol–water partition coefficient (Wildman–Crippen LogP) is 2.00. The van der Waals surface area contributed by atoms with Gasteiger partial charge in [0.15, 0.2) is 5.69 Å². The van der Waals surface area contributed by atoms with Crippen LogP contribution in [0.15, 0.2) is 47.3 Å². The maximum Gasteiger partial charge on any atom is 0.290 e. The third-order valence-electron chi connectivity index (χ3n) is 4.69. The zero-order chi connectivity index (χ0) is 22.5. The minimum Gasteiger partial charge on any atom is -0.497 e. The van der Waals surface area contributed by atoms with Crippen LogP contribution in [-0.4, -0.2) is 35.8 Å². The summed E-state index contributed by atoms with van der Waals surface area (Å²) in [4.78, 5) is 37.7. The second kappa shape index (κ2) is 9.29. The molecule has 0 aliphatic heterocycles. The molecule has 162 valence electrons. The number of amides is 2. The van der Waals surface area contributed by atoms with Crippen LogP contribution in [0.25, 0.3) is 10.8 Å². The van der Waals surface area contributed by atoms with Gasteiger partial charge >= 0.3 is 0 Å². The van der Waals surface area contributed by atoms with Crippen LogP contribution in [0.1, 0.15) is 35.9 Å². The second-order valence-corrected chi connectivity index (χ2v) is 7.09. The highest BCUT2D eigenvalue weighted by Crippen LogP contribution is 2.24. The van der Waals surface area contributed by atoms with E-state index in [1.165, 1.54) is 18.9 Å². The molecule has 0 saturated heterocycles. The van der Waals surface area contributed by atoms with Gasteiger partial charge in [-0.25, -0.2) is 4.68 Å². The Morgan fingerprint density at radius 2 is 1.74 bits per heavy atom. The van der Waals surface area contributed by atoms with E-state index in [1.807, 2.05) is 0 Å². The first-order chi connectivity index (χ1) is 14.8. The highest BCUT2D eigenvalue weighted by Gasteiger charge is 2.18. The number of methoxy groups -OCH3 is 2. The molecule has 0 atom stereocenters. The van der Waals surface area contributed by atoms with Crippen LogP contribution in [0.2, 0.25) is 0 Å². The molecule has 0 bridgehead atoms. The molecular formula is C22H24N4O5. The fraction of sp³-hybridized carbons (Fsp3) is 0.273. The maximum atomic E-state index is 12.8. The zero-order valence-electron chi connectivity index (χ0n) is 17.8. The molecule has 0 unspecified atom stereocenters. The third-order valence-corrected chi connectivity index (χ3v) is 4.69. The number of nitrogens with zero attached hydrogens (tertiary/aromatic N) is 2. The molecular weight excluding hydrogens is 400 g/mol. The van der Waals surface area contributed by atoms with Gasteiger partial charge in [-0.15, -0.1) is 0 Å². The molecule has 0 aliphatic rings. The van der Waals surface area contributed by atoms with Crippen LogP contribution in [0.5, 0.6) is 11.5 Å². The zero-order valence-corrected chi connectivity index (χ0v) is 17.8. The quantitative estimate of drug-likeness (QED) is 0.586. The number of fused-ring (bicyclic) bond motifs is 1. The van der Waals surface area contributed by atoms with Crippen molar-refractivity contribution in [2.45, 2.75) is 26.3 Å². The van der Waals surface area contributed by atoms with Crippen molar-refractivity contribution in [2.24, 2.45) is 0 Å². The summed E-state index contributed by atoms with van der Waals surface area (Å²) in [6, 6.07) is 11.6. The lowest BCUT2D eigenvalue weighted by Crippen LogP contribution is -2.43. The summed E-state index contributed by atoms with van der Waals surface area (Å²) in [6.07, 6.45) is -0.0207. The highest BCUT2D eigenvalue weighted by molar-refractivity contribution is 6.05. The van der Waals surface area contributed by atoms with Crippen molar-refractivity contribution < 1.29 is 19.1 Å². The van der Waals surface area contributed by atoms with Crippen LogP contribution in [0.3, 0.4) is 0 Å². The van der Waals surface area contributed by atoms with Crippen molar-refractivity contribution in [2.75, 3.05) is 14.2 Å². The molecule has 3 rings (SSSR count). The summed E-state index contributed by atoms with van der Waals surface area (Å²) in [5.41, 5.74) is 5.16. The Kier molecular flexibility index (Phi) is 6.54. The largest absolute Gasteiger partial charge is 0.497 e. The standard InChI is InChI=1S/C22H24N4O5/c1-13(2)26-22(29)17-8-6-5-7-16(17)20(25-26)21(28)24-23-19(27)11-14-9-10-15(30-3)12-18(14)31-4/h5-10,12-13H,11H2,1-4H3,(H,23,27)(H,24,28). The van der Waals surface area contributed by atoms with Crippen molar-refractivity contribution >= 4 is 22.6 Å². The number of benzene rings is 2. The maximum absolute atomic E-state index is 12.8. The van der Waals surface area contributed by atoms with Gasteiger partial charge in [-0.05, 0) is 26.0 Å². The number of carbonyl (C=O) groups is 2. The average molecular weight is 424 g/mol. The summed E-state index contributed by atoms with van der Waals surface area (Å²) < 4.78 is 11.7. The molecule has 9 nitrogen and oxygen atoms in total. The van der Waals surface area contributed by atoms with Gasteiger partial charge in [0, 0.05) is 17.0 Å². The van der Waals surface area contributed by atoms with Crippen molar-refractivity contribution in [3.8, 4) is 11.5 Å². The van der Waals surface area contributed by atoms with Gasteiger partial charge in [0.25, 0.3) is 11.5 Å². The molecule has 0 fully saturated rings. The smallest absolute Gasteiger partial charge is 0.290 e. The van der Waals surface area contributed by atoms with Crippen molar-refractivity contribution in [1.82, 2.24) is 20.6 Å². The molecule has 0 spiro atoms. The fourth-order valence-corrected chi connectivity index (χ4v) is 3.12. The van der Waals surface area contributed by atoms with Gasteiger partial charge in [0.2, 0.25) is 5.91 Å². The number of hydrazine groups is 1. The summed E-state index contributed by atoms with van der Waals surface area (Å²) in [7, 11) is 3.04. The van der Waals surface area contributed by atoms with E-state index in [9.17, 15) is 14.4 Å². The van der Waals surface area contributed by atoms with Crippen LogP contribution < -0.4 is 25.9 Å². The summed E-state index contributed by atoms with van der Waals surface area (Å²) in [6.45, 7) is 3.60. The SMILES string of the molecule is COc1ccc(CC(=O)NNC(=O)c2nn(C(C)C)c(=O)c3ccccc23)c(OC)c1. The van der Waals surface area contributed by atoms with Crippen LogP contribution in [-0.2, 0) is 11.2 Å². The molecule has 0 saturated carbocycles. The highest BCUT2D eigenvalue weighted by atomic mass is 16.5. The Hall–Kier alpha value is -3.88. The number of carbonyl (C=O) groups excluding carboxylic acids is 2. The van der Waals surface area contributed by atoms with Gasteiger partial charge in [-0.3, -0.25) is 25.2 Å². The minimum absolute atomic E-state index is 0.0207. The van der Waals surface area contributed by atoms with Gasteiger partial charge in [-0.2, -0.15) is 5.10 Å². The summed E-state index contributed by atoms with van der Waals surface area (Å²) in [5, 5.41) is 5.01. The number of aromatic nitrogens is 2. The van der Waals surface area contributed by atoms with E-state index in [2.05, 4.69) is 16.0 Å². The lowest BCUT2D eigenvalue weighted by Gasteiger charge is -2.14. The molecule has 0 radical (unpaired) electrons. The Labute approximate surface area is 178 Å². The average Bonchev–Trinajstić information content (AvgIpc) is 2.78. The molecule has 31 heavy (non-hydrogen) atoms. The van der Waals surface area contributed by atoms with Crippen LogP contribution >= 0.6 is 0 Å². The van der Waals surface area contributed by atoms with Crippen molar-refractivity contribution in [1.29, 1.82) is 0 Å². The Morgan fingerprint density at radius 1 is 1.03 bits per heavy atom. The number of ether oxygens (including phenoxy) is 2. The van der Waals surface area contributed by atoms with E-state index in [-0.39, 0.29) is 23.7 Å². The first kappa shape index (κ1) is 21.8. The minimum atomic E-state index is -0.624. The molecule has 2 amide bonds. The third kappa shape index (κ3) is 4.66. The number of hydrogen-bond donors (Lipinski definition) is 2. The topological polar surface area (TPSA) is 112 Å². The number of hydrogen-bond acceptors (Lipinski definition) is 6. The molecule has 1 aromatic heterocycles. The van der Waals surface area contributed by atoms with E-state index < -0.39 is 11.8 Å². The molecule has 0 aliphatic carbocycles. The van der Waals surface area contributed by atoms with Crippen LogP contribution in [0, 0.1) is 0 Å². The van der Waals surface area contributed by atoms with Gasteiger partial charge in [0.05, 0.1) is 32.1 Å². The van der Waals surface area contributed by atoms with E-state index in [1.54, 1.807) is 56.3 Å². The Morgan fingerprint density at radius 3 is 2.39 bits per heavy atom. The second-order valence-electron chi connectivity index (χ2n) is 7.09. The lowest BCUT2D eigenvalue weighted by atomic mass is 10.1. The van der Waals surface area contributed by atoms with E-state index in [0.717, 1.165) is 0 Å². The molecule has 2 N–H and O–H groups in total. The fourth-order valence-electron chi connectivity index (χ4n) is 3.12. The van der Waals surface area contributed by atoms with E-state index >= 15 is 0 Å². The number of nitrogens with one attached hydrogen (secondary N) is 2. The van der Waals surface area contributed by atoms with E-state index in [4.69, 9.17) is 9.47 Å². The van der Waals surface area contributed by atoms with Crippen molar-refractivity contribution in [3.05, 3.63) is 64.1 Å². The van der Waals surface area contributed by atoms with Crippen LogP contribution in [0.4, 0.5) is 0 Å². The molecule has 3 aromatic rings.